The predicted octanol–water partition coefficient (Wildman–Crippen LogP) is 4.58. The average Bonchev–Trinajstić information content (AvgIpc) is 2.65. The molecule has 1 fully saturated rings. The van der Waals surface area contributed by atoms with Crippen LogP contribution in [-0.4, -0.2) is 36.3 Å². The van der Waals surface area contributed by atoms with E-state index in [0.717, 1.165) is 18.4 Å². The Morgan fingerprint density at radius 2 is 1.82 bits per heavy atom. The molecule has 2 aliphatic heterocycles. The summed E-state index contributed by atoms with van der Waals surface area (Å²) in [6, 6.07) is 16.5. The zero-order valence-electron chi connectivity index (χ0n) is 16.6. The number of ether oxygens (including phenoxy) is 2. The molecule has 4 rings (SSSR count). The van der Waals surface area contributed by atoms with Crippen LogP contribution in [0.2, 0.25) is 0 Å². The van der Waals surface area contributed by atoms with E-state index in [0.29, 0.717) is 19.8 Å². The van der Waals surface area contributed by atoms with Crippen molar-refractivity contribution in [3.05, 3.63) is 82.4 Å². The van der Waals surface area contributed by atoms with Crippen molar-refractivity contribution >= 4 is 6.09 Å². The summed E-state index contributed by atoms with van der Waals surface area (Å²) in [7, 11) is 0. The molecule has 146 valence electrons. The zero-order valence-corrected chi connectivity index (χ0v) is 16.6. The van der Waals surface area contributed by atoms with Crippen molar-refractivity contribution < 1.29 is 14.3 Å². The van der Waals surface area contributed by atoms with Crippen molar-refractivity contribution in [2.75, 3.05) is 13.2 Å². The highest BCUT2D eigenvalue weighted by molar-refractivity contribution is 5.69. The number of nitrogens with zero attached hydrogens (tertiary/aromatic N) is 1. The van der Waals surface area contributed by atoms with Crippen LogP contribution < -0.4 is 0 Å². The van der Waals surface area contributed by atoms with Crippen LogP contribution in [0.1, 0.15) is 28.7 Å². The van der Waals surface area contributed by atoms with Gasteiger partial charge in [0.2, 0.25) is 0 Å². The van der Waals surface area contributed by atoms with Crippen molar-refractivity contribution in [2.24, 2.45) is 0 Å². The maximum atomic E-state index is 12.8. The van der Waals surface area contributed by atoms with Crippen LogP contribution in [0.15, 0.2) is 60.2 Å². The highest BCUT2D eigenvalue weighted by Crippen LogP contribution is 2.30. The molecule has 2 aliphatic rings. The largest absolute Gasteiger partial charge is 0.445 e. The van der Waals surface area contributed by atoms with Crippen molar-refractivity contribution in [1.82, 2.24) is 4.90 Å². The average molecular weight is 377 g/mol. The third-order valence-electron chi connectivity index (χ3n) is 5.40. The van der Waals surface area contributed by atoms with Gasteiger partial charge >= 0.3 is 6.09 Å². The molecular weight excluding hydrogens is 350 g/mol. The van der Waals surface area contributed by atoms with E-state index in [9.17, 15) is 4.79 Å². The Hall–Kier alpha value is -2.59. The molecule has 0 aromatic heterocycles. The molecule has 2 aromatic carbocycles. The van der Waals surface area contributed by atoms with Crippen LogP contribution in [0.25, 0.3) is 0 Å². The first kappa shape index (κ1) is 18.8. The van der Waals surface area contributed by atoms with E-state index in [4.69, 9.17) is 9.47 Å². The fraction of sp³-hybridized carbons (Fsp3) is 0.375. The number of hydrogen-bond acceptors (Lipinski definition) is 3. The Kier molecular flexibility index (Phi) is 5.49. The van der Waals surface area contributed by atoms with E-state index in [1.54, 1.807) is 0 Å². The highest BCUT2D eigenvalue weighted by Gasteiger charge is 2.38. The molecule has 28 heavy (non-hydrogen) atoms. The molecule has 0 spiro atoms. The number of carbonyl (C=O) groups is 1. The molecule has 2 heterocycles. The number of aryl methyl sites for hydroxylation is 2. The molecule has 2 atom stereocenters. The zero-order chi connectivity index (χ0) is 19.5. The van der Waals surface area contributed by atoms with Crippen molar-refractivity contribution in [2.45, 2.75) is 45.4 Å². The Bertz CT molecular complexity index is 854. The molecule has 2 aromatic rings. The molecule has 0 aliphatic carbocycles. The number of fused-ring (bicyclic) bond motifs is 2. The Balaban J connectivity index is 1.45. The summed E-state index contributed by atoms with van der Waals surface area (Å²) in [4.78, 5) is 14.6. The normalized spacial score (nSPS) is 21.2. The number of morpholine rings is 1. The molecule has 2 unspecified atom stereocenters. The first-order valence-corrected chi connectivity index (χ1v) is 9.92. The predicted molar refractivity (Wildman–Crippen MR) is 109 cm³/mol. The molecule has 4 heteroatoms. The fourth-order valence-electron chi connectivity index (χ4n) is 4.33. The van der Waals surface area contributed by atoms with E-state index in [2.05, 4.69) is 38.1 Å². The third-order valence-corrected chi connectivity index (χ3v) is 5.40. The van der Waals surface area contributed by atoms with Gasteiger partial charge in [-0.05, 0) is 37.8 Å². The summed E-state index contributed by atoms with van der Waals surface area (Å²) in [6.45, 7) is 5.68. The second-order valence-corrected chi connectivity index (χ2v) is 7.91. The van der Waals surface area contributed by atoms with Gasteiger partial charge < -0.3 is 9.47 Å². The third kappa shape index (κ3) is 4.28. The molecule has 1 saturated heterocycles. The van der Waals surface area contributed by atoms with Crippen LogP contribution in [0.4, 0.5) is 4.79 Å². The topological polar surface area (TPSA) is 38.8 Å². The van der Waals surface area contributed by atoms with Crippen LogP contribution in [-0.2, 0) is 22.5 Å². The van der Waals surface area contributed by atoms with Crippen LogP contribution in [0.3, 0.4) is 0 Å². The molecule has 0 radical (unpaired) electrons. The van der Waals surface area contributed by atoms with Gasteiger partial charge in [-0.1, -0.05) is 71.3 Å². The van der Waals surface area contributed by atoms with Crippen molar-refractivity contribution in [1.29, 1.82) is 0 Å². The lowest BCUT2D eigenvalue weighted by Gasteiger charge is -2.43. The lowest BCUT2D eigenvalue weighted by atomic mass is 9.90. The molecule has 0 saturated carbocycles. The van der Waals surface area contributed by atoms with Gasteiger partial charge in [0.1, 0.15) is 6.61 Å². The van der Waals surface area contributed by atoms with Gasteiger partial charge in [0.25, 0.3) is 0 Å². The van der Waals surface area contributed by atoms with Crippen LogP contribution >= 0.6 is 0 Å². The van der Waals surface area contributed by atoms with Gasteiger partial charge in [-0.25, -0.2) is 4.79 Å². The number of amides is 1. The minimum atomic E-state index is -0.246. The summed E-state index contributed by atoms with van der Waals surface area (Å²) < 4.78 is 11.3. The summed E-state index contributed by atoms with van der Waals surface area (Å²) in [5.41, 5.74) is 6.31. The summed E-state index contributed by atoms with van der Waals surface area (Å²) in [5.74, 6) is 0. The van der Waals surface area contributed by atoms with Crippen LogP contribution in [0.5, 0.6) is 0 Å². The standard InChI is InChI=1S/C24H27NO3/c1-17-8-18(2)10-20(9-17)11-21-12-22-15-27-16-23(13-21)25(22)24(26)28-14-19-6-4-3-5-7-19/h3-10,12,22-23H,11,13-16H2,1-2H3. The van der Waals surface area contributed by atoms with Gasteiger partial charge in [0.15, 0.2) is 0 Å². The van der Waals surface area contributed by atoms with E-state index in [-0.39, 0.29) is 18.2 Å². The van der Waals surface area contributed by atoms with Gasteiger partial charge in [0.05, 0.1) is 25.3 Å². The maximum absolute atomic E-state index is 12.8. The van der Waals surface area contributed by atoms with Gasteiger partial charge in [-0.2, -0.15) is 0 Å². The lowest BCUT2D eigenvalue weighted by molar-refractivity contribution is -0.0374. The van der Waals surface area contributed by atoms with Gasteiger partial charge in [0, 0.05) is 0 Å². The summed E-state index contributed by atoms with van der Waals surface area (Å²) >= 11 is 0. The van der Waals surface area contributed by atoms with Gasteiger partial charge in [-0.15, -0.1) is 0 Å². The van der Waals surface area contributed by atoms with Crippen molar-refractivity contribution in [3.63, 3.8) is 0 Å². The number of hydrogen-bond donors (Lipinski definition) is 0. The minimum Gasteiger partial charge on any atom is -0.445 e. The number of carbonyl (C=O) groups excluding carboxylic acids is 1. The molecule has 2 bridgehead atoms. The van der Waals surface area contributed by atoms with E-state index in [1.807, 2.05) is 35.2 Å². The Morgan fingerprint density at radius 1 is 1.07 bits per heavy atom. The SMILES string of the molecule is Cc1cc(C)cc(CC2=CC3COCC(C2)N3C(=O)OCc2ccccc2)c1. The fourth-order valence-corrected chi connectivity index (χ4v) is 4.33. The second-order valence-electron chi connectivity index (χ2n) is 7.91. The van der Waals surface area contributed by atoms with Crippen molar-refractivity contribution in [3.8, 4) is 0 Å². The summed E-state index contributed by atoms with van der Waals surface area (Å²) in [6.07, 6.45) is 3.73. The first-order valence-electron chi connectivity index (χ1n) is 9.92. The number of benzene rings is 2. The second kappa shape index (κ2) is 8.19. The molecular formula is C24H27NO3. The van der Waals surface area contributed by atoms with E-state index in [1.165, 1.54) is 22.3 Å². The lowest BCUT2D eigenvalue weighted by Crippen LogP contribution is -2.56. The smallest absolute Gasteiger partial charge is 0.411 e. The maximum Gasteiger partial charge on any atom is 0.411 e. The Morgan fingerprint density at radius 3 is 2.54 bits per heavy atom. The first-order chi connectivity index (χ1) is 13.6. The number of rotatable bonds is 4. The molecule has 1 amide bonds. The van der Waals surface area contributed by atoms with Crippen LogP contribution in [0, 0.1) is 13.8 Å². The highest BCUT2D eigenvalue weighted by atomic mass is 16.6. The molecule has 4 nitrogen and oxygen atoms in total. The van der Waals surface area contributed by atoms with Gasteiger partial charge in [-0.3, -0.25) is 4.90 Å². The minimum absolute atomic E-state index is 0.0447. The molecule has 0 N–H and O–H groups in total. The Labute approximate surface area is 166 Å². The van der Waals surface area contributed by atoms with E-state index < -0.39 is 0 Å². The quantitative estimate of drug-likeness (QED) is 0.732. The van der Waals surface area contributed by atoms with E-state index >= 15 is 0 Å². The summed E-state index contributed by atoms with van der Waals surface area (Å²) in [5, 5.41) is 0. The monoisotopic (exact) mass is 377 g/mol.